The summed E-state index contributed by atoms with van der Waals surface area (Å²) >= 11 is 0. The molecule has 11 heteroatoms. The minimum Gasteiger partial charge on any atom is -0.479 e. The van der Waals surface area contributed by atoms with Gasteiger partial charge in [0.15, 0.2) is 0 Å². The van der Waals surface area contributed by atoms with Crippen molar-refractivity contribution in [3.8, 4) is 0 Å². The van der Waals surface area contributed by atoms with Crippen LogP contribution in [0.5, 0.6) is 0 Å². The number of aliphatic hydroxyl groups excluding tert-OH is 1. The first-order valence-electron chi connectivity index (χ1n) is 11.2. The average molecular weight is 468 g/mol. The van der Waals surface area contributed by atoms with E-state index in [0.717, 1.165) is 0 Å². The number of amides is 3. The highest BCUT2D eigenvalue weighted by molar-refractivity contribution is 5.96. The molecule has 5 unspecified atom stereocenters. The van der Waals surface area contributed by atoms with Crippen molar-refractivity contribution in [2.75, 3.05) is 19.8 Å². The number of carbonyl (C=O) groups excluding carboxylic acids is 3. The van der Waals surface area contributed by atoms with Crippen molar-refractivity contribution in [3.05, 3.63) is 12.2 Å². The van der Waals surface area contributed by atoms with Crippen LogP contribution in [0.3, 0.4) is 0 Å². The number of hydrogen-bond donors (Lipinski definition) is 4. The highest BCUT2D eigenvalue weighted by Crippen LogP contribution is 2.45. The summed E-state index contributed by atoms with van der Waals surface area (Å²) < 4.78 is 10.9. The zero-order chi connectivity index (χ0) is 24.4. The maximum atomic E-state index is 13.3. The third-order valence-electron chi connectivity index (χ3n) is 5.91. The average Bonchev–Trinajstić information content (AvgIpc) is 3.25. The van der Waals surface area contributed by atoms with Crippen molar-refractivity contribution < 1.29 is 38.9 Å². The van der Waals surface area contributed by atoms with E-state index >= 15 is 0 Å². The number of carboxylic acids is 1. The van der Waals surface area contributed by atoms with Gasteiger partial charge in [-0.05, 0) is 40.0 Å². The molecule has 0 radical (unpaired) electrons. The number of carbonyl (C=O) groups is 4. The number of aliphatic carboxylic acids is 1. The Morgan fingerprint density at radius 3 is 2.73 bits per heavy atom. The Balaban J connectivity index is 1.83. The Hall–Kier alpha value is -2.66. The minimum atomic E-state index is -1.42. The first-order valence-corrected chi connectivity index (χ1v) is 11.2. The number of allylic oxidation sites excluding steroid dienone is 1. The normalized spacial score (nSPS) is 33.2. The van der Waals surface area contributed by atoms with Gasteiger partial charge in [-0.15, -0.1) is 0 Å². The fourth-order valence-corrected chi connectivity index (χ4v) is 4.16. The van der Waals surface area contributed by atoms with E-state index in [2.05, 4.69) is 10.6 Å². The maximum absolute atomic E-state index is 13.3. The van der Waals surface area contributed by atoms with Crippen LogP contribution in [0.25, 0.3) is 0 Å². The van der Waals surface area contributed by atoms with E-state index in [9.17, 15) is 29.4 Å². The van der Waals surface area contributed by atoms with Gasteiger partial charge in [0.1, 0.15) is 23.2 Å². The van der Waals surface area contributed by atoms with Crippen LogP contribution in [-0.2, 0) is 23.9 Å². The molecule has 2 heterocycles. The molecule has 0 bridgehead atoms. The molecule has 3 amide bonds. The van der Waals surface area contributed by atoms with Crippen molar-refractivity contribution in [2.24, 2.45) is 5.92 Å². The van der Waals surface area contributed by atoms with Crippen LogP contribution >= 0.6 is 0 Å². The molecule has 0 aromatic heterocycles. The predicted molar refractivity (Wildman–Crippen MR) is 115 cm³/mol. The number of aliphatic hydroxyl groups is 1. The second-order valence-electron chi connectivity index (χ2n) is 9.82. The van der Waals surface area contributed by atoms with E-state index in [0.29, 0.717) is 19.4 Å². The molecule has 1 saturated carbocycles. The molecular formula is C22H33N3O8. The summed E-state index contributed by atoms with van der Waals surface area (Å²) in [5.74, 6) is -2.74. The lowest BCUT2D eigenvalue weighted by molar-refractivity contribution is -0.146. The highest BCUT2D eigenvalue weighted by Gasteiger charge is 2.61. The van der Waals surface area contributed by atoms with Crippen molar-refractivity contribution in [3.63, 3.8) is 0 Å². The molecule has 3 aliphatic rings. The number of nitrogens with one attached hydrogen (secondary N) is 2. The van der Waals surface area contributed by atoms with Gasteiger partial charge >= 0.3 is 12.1 Å². The number of hydrogen-bond acceptors (Lipinski definition) is 7. The zero-order valence-electron chi connectivity index (χ0n) is 19.2. The Kier molecular flexibility index (Phi) is 7.32. The van der Waals surface area contributed by atoms with E-state index in [1.165, 1.54) is 4.90 Å². The highest BCUT2D eigenvalue weighted by atomic mass is 16.6. The SMILES string of the molecule is CC(C)(C)OC(=O)NC1COCCCC=CC2CC2(C(=O)O)NC(=O)C2CC(O)CN2C1=O. The van der Waals surface area contributed by atoms with E-state index in [1.54, 1.807) is 26.8 Å². The molecule has 3 rings (SSSR count). The smallest absolute Gasteiger partial charge is 0.408 e. The van der Waals surface area contributed by atoms with Gasteiger partial charge in [-0.2, -0.15) is 0 Å². The van der Waals surface area contributed by atoms with Gasteiger partial charge in [-0.1, -0.05) is 12.2 Å². The molecule has 0 aromatic carbocycles. The Bertz CT molecular complexity index is 823. The largest absolute Gasteiger partial charge is 0.479 e. The maximum Gasteiger partial charge on any atom is 0.408 e. The van der Waals surface area contributed by atoms with Crippen LogP contribution in [0, 0.1) is 5.92 Å². The van der Waals surface area contributed by atoms with E-state index < -0.39 is 53.2 Å². The summed E-state index contributed by atoms with van der Waals surface area (Å²) in [4.78, 5) is 51.8. The number of carboxylic acid groups (broad SMARTS) is 1. The Morgan fingerprint density at radius 2 is 2.06 bits per heavy atom. The molecule has 2 fully saturated rings. The van der Waals surface area contributed by atoms with Crippen molar-refractivity contribution >= 4 is 23.9 Å². The molecule has 0 spiro atoms. The number of nitrogens with zero attached hydrogens (tertiary/aromatic N) is 1. The molecule has 1 saturated heterocycles. The Labute approximate surface area is 192 Å². The summed E-state index contributed by atoms with van der Waals surface area (Å²) in [5, 5.41) is 25.0. The van der Waals surface area contributed by atoms with Gasteiger partial charge in [0.25, 0.3) is 0 Å². The molecule has 184 valence electrons. The van der Waals surface area contributed by atoms with Crippen molar-refractivity contribution in [1.82, 2.24) is 15.5 Å². The van der Waals surface area contributed by atoms with Gasteiger partial charge in [0.2, 0.25) is 11.8 Å². The predicted octanol–water partition coefficient (Wildman–Crippen LogP) is 0.168. The first-order chi connectivity index (χ1) is 15.4. The second kappa shape index (κ2) is 9.68. The summed E-state index contributed by atoms with van der Waals surface area (Å²) in [6.07, 6.45) is 3.37. The van der Waals surface area contributed by atoms with Crippen molar-refractivity contribution in [2.45, 2.75) is 75.8 Å². The molecule has 2 aliphatic heterocycles. The molecule has 33 heavy (non-hydrogen) atoms. The van der Waals surface area contributed by atoms with Crippen molar-refractivity contribution in [1.29, 1.82) is 0 Å². The Morgan fingerprint density at radius 1 is 1.33 bits per heavy atom. The fourth-order valence-electron chi connectivity index (χ4n) is 4.16. The lowest BCUT2D eigenvalue weighted by atomic mass is 10.1. The number of ether oxygens (including phenoxy) is 2. The molecular weight excluding hydrogens is 434 g/mol. The van der Waals surface area contributed by atoms with Gasteiger partial charge < -0.3 is 35.2 Å². The fraction of sp³-hybridized carbons (Fsp3) is 0.727. The number of fused-ring (bicyclic) bond motifs is 2. The summed E-state index contributed by atoms with van der Waals surface area (Å²) in [6.45, 7) is 5.14. The first kappa shape index (κ1) is 25.0. The van der Waals surface area contributed by atoms with Crippen LogP contribution in [0.4, 0.5) is 4.79 Å². The molecule has 1 aliphatic carbocycles. The second-order valence-corrected chi connectivity index (χ2v) is 9.82. The lowest BCUT2D eigenvalue weighted by Crippen LogP contribution is -2.57. The van der Waals surface area contributed by atoms with E-state index in [-0.39, 0.29) is 31.9 Å². The monoisotopic (exact) mass is 467 g/mol. The van der Waals surface area contributed by atoms with E-state index in [1.807, 2.05) is 6.08 Å². The summed E-state index contributed by atoms with van der Waals surface area (Å²) in [7, 11) is 0. The van der Waals surface area contributed by atoms with Crippen LogP contribution in [0.15, 0.2) is 12.2 Å². The van der Waals surface area contributed by atoms with Gasteiger partial charge in [0.05, 0.1) is 12.7 Å². The van der Waals surface area contributed by atoms with Crippen LogP contribution in [-0.4, -0.2) is 88.1 Å². The third-order valence-corrected chi connectivity index (χ3v) is 5.91. The minimum absolute atomic E-state index is 0.0339. The summed E-state index contributed by atoms with van der Waals surface area (Å²) in [5.41, 5.74) is -2.20. The molecule has 11 nitrogen and oxygen atoms in total. The van der Waals surface area contributed by atoms with Crippen LogP contribution < -0.4 is 10.6 Å². The zero-order valence-corrected chi connectivity index (χ0v) is 19.2. The van der Waals surface area contributed by atoms with Gasteiger partial charge in [-0.3, -0.25) is 9.59 Å². The number of alkyl carbamates (subject to hydrolysis) is 1. The number of rotatable bonds is 2. The molecule has 0 aromatic rings. The standard InChI is InChI=1S/C22H33N3O8/c1-21(2,3)33-20(31)23-15-12-32-8-6-4-5-7-13-10-22(13,19(29)30)24-17(27)16-9-14(26)11-25(16)18(15)28/h5,7,13-16,26H,4,6,8-12H2,1-3H3,(H,23,31)(H,24,27)(H,29,30). The summed E-state index contributed by atoms with van der Waals surface area (Å²) in [6, 6.07) is -2.20. The topological polar surface area (TPSA) is 154 Å². The quantitative estimate of drug-likeness (QED) is 0.419. The third kappa shape index (κ3) is 6.02. The van der Waals surface area contributed by atoms with Gasteiger partial charge in [-0.25, -0.2) is 9.59 Å². The van der Waals surface area contributed by atoms with Crippen LogP contribution in [0.2, 0.25) is 0 Å². The van der Waals surface area contributed by atoms with Crippen LogP contribution in [0.1, 0.15) is 46.5 Å². The molecule has 5 atom stereocenters. The lowest BCUT2D eigenvalue weighted by Gasteiger charge is -2.30. The van der Waals surface area contributed by atoms with E-state index in [4.69, 9.17) is 9.47 Å². The molecule has 4 N–H and O–H groups in total. The van der Waals surface area contributed by atoms with Gasteiger partial charge in [0, 0.05) is 25.5 Å².